The van der Waals surface area contributed by atoms with Crippen molar-refractivity contribution in [1.82, 2.24) is 4.90 Å². The van der Waals surface area contributed by atoms with Gasteiger partial charge in [0.1, 0.15) is 24.0 Å². The van der Waals surface area contributed by atoms with E-state index in [1.807, 2.05) is 18.2 Å². The number of benzene rings is 3. The van der Waals surface area contributed by atoms with Crippen LogP contribution in [0.4, 0.5) is 4.39 Å². The molecular formula is C25H19ClFNO3. The average molecular weight is 436 g/mol. The Morgan fingerprint density at radius 3 is 2.68 bits per heavy atom. The number of halogens is 2. The number of ketones is 1. The van der Waals surface area contributed by atoms with Gasteiger partial charge in [0, 0.05) is 18.2 Å². The highest BCUT2D eigenvalue weighted by Gasteiger charge is 2.34. The third-order valence-corrected chi connectivity index (χ3v) is 6.08. The smallest absolute Gasteiger partial charge is 0.231 e. The van der Waals surface area contributed by atoms with Gasteiger partial charge in [0.2, 0.25) is 5.78 Å². The molecule has 0 aromatic heterocycles. The first-order chi connectivity index (χ1) is 15.0. The molecule has 0 saturated carbocycles. The number of rotatable bonds is 3. The number of Topliss-reactive ketones (excluding diaryl/α,β-unsaturated/α-hetero) is 1. The fraction of sp³-hybridized carbons (Fsp3) is 0.160. The standard InChI is InChI=1S/C25H19ClFNO3/c1-15(16-6-3-2-4-7-16)28-13-19-22(30-14-28)11-10-17-24(29)23(31-25(17)19)12-18-20(26)8-5-9-21(18)27/h2-12,15H,13-14H2,1H3/b23-12-. The highest BCUT2D eigenvalue weighted by molar-refractivity contribution is 6.32. The summed E-state index contributed by atoms with van der Waals surface area (Å²) in [7, 11) is 0. The molecule has 2 aliphatic rings. The molecule has 1 unspecified atom stereocenters. The number of hydrogen-bond acceptors (Lipinski definition) is 4. The third-order valence-electron chi connectivity index (χ3n) is 5.75. The molecule has 0 N–H and O–H groups in total. The Morgan fingerprint density at radius 1 is 1.10 bits per heavy atom. The number of fused-ring (bicyclic) bond motifs is 3. The molecule has 4 nitrogen and oxygen atoms in total. The minimum atomic E-state index is -0.513. The van der Waals surface area contributed by atoms with Crippen LogP contribution < -0.4 is 9.47 Å². The summed E-state index contributed by atoms with van der Waals surface area (Å²) in [5.74, 6) is 0.383. The summed E-state index contributed by atoms with van der Waals surface area (Å²) in [6.07, 6.45) is 1.36. The minimum absolute atomic E-state index is 0.0450. The van der Waals surface area contributed by atoms with Gasteiger partial charge in [-0.05, 0) is 42.8 Å². The van der Waals surface area contributed by atoms with Gasteiger partial charge in [-0.2, -0.15) is 0 Å². The Morgan fingerprint density at radius 2 is 1.90 bits per heavy atom. The largest absolute Gasteiger partial charge is 0.478 e. The van der Waals surface area contributed by atoms with E-state index in [-0.39, 0.29) is 28.2 Å². The molecule has 3 aromatic rings. The number of carbonyl (C=O) groups is 1. The molecule has 0 fully saturated rings. The van der Waals surface area contributed by atoms with Crippen LogP contribution in [0.3, 0.4) is 0 Å². The molecule has 0 bridgehead atoms. The number of nitrogens with zero attached hydrogens (tertiary/aromatic N) is 1. The summed E-state index contributed by atoms with van der Waals surface area (Å²) in [5.41, 5.74) is 2.55. The van der Waals surface area contributed by atoms with Crippen molar-refractivity contribution < 1.29 is 18.7 Å². The van der Waals surface area contributed by atoms with Gasteiger partial charge in [-0.15, -0.1) is 0 Å². The van der Waals surface area contributed by atoms with Crippen molar-refractivity contribution in [2.75, 3.05) is 6.73 Å². The zero-order valence-electron chi connectivity index (χ0n) is 16.8. The lowest BCUT2D eigenvalue weighted by molar-refractivity contribution is 0.0606. The summed E-state index contributed by atoms with van der Waals surface area (Å²) in [6, 6.07) is 18.1. The van der Waals surface area contributed by atoms with Crippen molar-refractivity contribution in [2.24, 2.45) is 0 Å². The zero-order chi connectivity index (χ0) is 21.5. The van der Waals surface area contributed by atoms with Gasteiger partial charge in [0.05, 0.1) is 16.1 Å². The quantitative estimate of drug-likeness (QED) is 0.472. The van der Waals surface area contributed by atoms with E-state index in [9.17, 15) is 9.18 Å². The van der Waals surface area contributed by atoms with Crippen molar-refractivity contribution in [2.45, 2.75) is 19.5 Å². The second kappa shape index (κ2) is 7.84. The van der Waals surface area contributed by atoms with E-state index in [2.05, 4.69) is 24.0 Å². The second-order valence-corrected chi connectivity index (χ2v) is 8.01. The fourth-order valence-electron chi connectivity index (χ4n) is 3.95. The van der Waals surface area contributed by atoms with Crippen molar-refractivity contribution in [3.05, 3.63) is 99.5 Å². The molecule has 31 heavy (non-hydrogen) atoms. The molecule has 0 aliphatic carbocycles. The van der Waals surface area contributed by atoms with Gasteiger partial charge in [0.15, 0.2) is 5.76 Å². The van der Waals surface area contributed by atoms with E-state index in [4.69, 9.17) is 21.1 Å². The van der Waals surface area contributed by atoms with Crippen molar-refractivity contribution in [3.8, 4) is 11.5 Å². The summed E-state index contributed by atoms with van der Waals surface area (Å²) in [5, 5.41) is 0.216. The van der Waals surface area contributed by atoms with Crippen molar-refractivity contribution in [1.29, 1.82) is 0 Å². The number of carbonyl (C=O) groups excluding carboxylic acids is 1. The number of hydrogen-bond donors (Lipinski definition) is 0. The first kappa shape index (κ1) is 19.8. The molecule has 0 saturated heterocycles. The molecular weight excluding hydrogens is 417 g/mol. The van der Waals surface area contributed by atoms with Crippen molar-refractivity contribution in [3.63, 3.8) is 0 Å². The first-order valence-electron chi connectivity index (χ1n) is 9.99. The summed E-state index contributed by atoms with van der Waals surface area (Å²) in [4.78, 5) is 15.1. The molecule has 1 atom stereocenters. The number of allylic oxidation sites excluding steroid dienone is 1. The third kappa shape index (κ3) is 3.50. The summed E-state index contributed by atoms with van der Waals surface area (Å²) < 4.78 is 26.1. The second-order valence-electron chi connectivity index (χ2n) is 7.60. The molecule has 0 radical (unpaired) electrons. The maximum absolute atomic E-state index is 14.2. The van der Waals surface area contributed by atoms with Gasteiger partial charge in [-0.1, -0.05) is 48.0 Å². The maximum Gasteiger partial charge on any atom is 0.231 e. The van der Waals surface area contributed by atoms with Crippen LogP contribution in [0.5, 0.6) is 11.5 Å². The van der Waals surface area contributed by atoms with Gasteiger partial charge < -0.3 is 9.47 Å². The Kier molecular flexibility index (Phi) is 5.00. The van der Waals surface area contributed by atoms with Gasteiger partial charge in [0.25, 0.3) is 0 Å². The summed E-state index contributed by atoms with van der Waals surface area (Å²) >= 11 is 6.12. The maximum atomic E-state index is 14.2. The molecule has 2 aliphatic heterocycles. The highest BCUT2D eigenvalue weighted by Crippen LogP contribution is 2.43. The van der Waals surface area contributed by atoms with Crippen LogP contribution in [0.2, 0.25) is 5.02 Å². The lowest BCUT2D eigenvalue weighted by Gasteiger charge is -2.34. The van der Waals surface area contributed by atoms with Crippen LogP contribution in [-0.4, -0.2) is 17.4 Å². The van der Waals surface area contributed by atoms with E-state index < -0.39 is 5.82 Å². The Balaban J connectivity index is 1.48. The Bertz CT molecular complexity index is 1190. The van der Waals surface area contributed by atoms with E-state index in [0.717, 1.165) is 5.56 Å². The van der Waals surface area contributed by atoms with Gasteiger partial charge in [-0.3, -0.25) is 9.69 Å². The monoisotopic (exact) mass is 435 g/mol. The minimum Gasteiger partial charge on any atom is -0.478 e. The van der Waals surface area contributed by atoms with Gasteiger partial charge >= 0.3 is 0 Å². The van der Waals surface area contributed by atoms with Crippen LogP contribution >= 0.6 is 11.6 Å². The average Bonchev–Trinajstić information content (AvgIpc) is 3.12. The molecule has 5 rings (SSSR count). The lowest BCUT2D eigenvalue weighted by atomic mass is 10.0. The molecule has 2 heterocycles. The Hall–Kier alpha value is -3.15. The highest BCUT2D eigenvalue weighted by atomic mass is 35.5. The molecule has 6 heteroatoms. The SMILES string of the molecule is CC(c1ccccc1)N1COc2ccc3c(c2C1)O/C(=C\c1c(F)cccc1Cl)C3=O. The van der Waals surface area contributed by atoms with E-state index in [1.54, 1.807) is 18.2 Å². The molecule has 156 valence electrons. The number of ether oxygens (including phenoxy) is 2. The van der Waals surface area contributed by atoms with Crippen LogP contribution in [0, 0.1) is 5.82 Å². The zero-order valence-corrected chi connectivity index (χ0v) is 17.5. The van der Waals surface area contributed by atoms with E-state index in [1.165, 1.54) is 23.8 Å². The van der Waals surface area contributed by atoms with Crippen molar-refractivity contribution >= 4 is 23.5 Å². The van der Waals surface area contributed by atoms with E-state index in [0.29, 0.717) is 30.3 Å². The van der Waals surface area contributed by atoms with Crippen LogP contribution in [-0.2, 0) is 6.54 Å². The Labute approximate surface area is 184 Å². The normalized spacial score (nSPS) is 17.6. The molecule has 0 spiro atoms. The molecule has 3 aromatic carbocycles. The van der Waals surface area contributed by atoms with Crippen LogP contribution in [0.15, 0.2) is 66.4 Å². The topological polar surface area (TPSA) is 38.8 Å². The summed E-state index contributed by atoms with van der Waals surface area (Å²) in [6.45, 7) is 3.11. The lowest BCUT2D eigenvalue weighted by Crippen LogP contribution is -2.34. The molecule has 0 amide bonds. The van der Waals surface area contributed by atoms with Crippen LogP contribution in [0.25, 0.3) is 6.08 Å². The predicted molar refractivity (Wildman–Crippen MR) is 117 cm³/mol. The fourth-order valence-corrected chi connectivity index (χ4v) is 4.16. The van der Waals surface area contributed by atoms with Crippen LogP contribution in [0.1, 0.15) is 40.0 Å². The predicted octanol–water partition coefficient (Wildman–Crippen LogP) is 6.01. The van der Waals surface area contributed by atoms with E-state index >= 15 is 0 Å². The van der Waals surface area contributed by atoms with Gasteiger partial charge in [-0.25, -0.2) is 4.39 Å². The first-order valence-corrected chi connectivity index (χ1v) is 10.4.